The highest BCUT2D eigenvalue weighted by Crippen LogP contribution is 2.42. The summed E-state index contributed by atoms with van der Waals surface area (Å²) in [6, 6.07) is 6.80. The van der Waals surface area contributed by atoms with Gasteiger partial charge in [0.05, 0.1) is 0 Å². The van der Waals surface area contributed by atoms with Crippen molar-refractivity contribution in [1.82, 2.24) is 4.90 Å². The number of likely N-dealkylation sites (tertiary alicyclic amines) is 1. The lowest BCUT2D eigenvalue weighted by Gasteiger charge is -2.34. The first-order valence-corrected chi connectivity index (χ1v) is 9.66. The van der Waals surface area contributed by atoms with Gasteiger partial charge < -0.3 is 20.1 Å². The summed E-state index contributed by atoms with van der Waals surface area (Å²) >= 11 is 0. The van der Waals surface area contributed by atoms with Crippen molar-refractivity contribution in [3.05, 3.63) is 23.8 Å². The lowest BCUT2D eigenvalue weighted by molar-refractivity contribution is 0.169. The zero-order valence-electron chi connectivity index (χ0n) is 14.6. The van der Waals surface area contributed by atoms with Gasteiger partial charge in [0, 0.05) is 11.6 Å². The Morgan fingerprint density at radius 1 is 1.00 bits per heavy atom. The Bertz CT molecular complexity index is 547. The van der Waals surface area contributed by atoms with Gasteiger partial charge in [-0.25, -0.2) is 0 Å². The zero-order valence-corrected chi connectivity index (χ0v) is 14.6. The lowest BCUT2D eigenvalue weighted by Crippen LogP contribution is -2.35. The number of hydrogen-bond acceptors (Lipinski definition) is 4. The van der Waals surface area contributed by atoms with Gasteiger partial charge in [-0.2, -0.15) is 0 Å². The fourth-order valence-corrected chi connectivity index (χ4v) is 4.58. The van der Waals surface area contributed by atoms with Crippen LogP contribution in [0.2, 0.25) is 0 Å². The Morgan fingerprint density at radius 3 is 2.58 bits per heavy atom. The molecule has 2 aliphatic heterocycles. The van der Waals surface area contributed by atoms with Gasteiger partial charge in [-0.05, 0) is 82.5 Å². The number of benzene rings is 1. The van der Waals surface area contributed by atoms with Crippen LogP contribution in [0.5, 0.6) is 11.5 Å². The van der Waals surface area contributed by atoms with E-state index in [0.29, 0.717) is 18.8 Å². The van der Waals surface area contributed by atoms with Crippen LogP contribution in [0.1, 0.15) is 56.4 Å². The second kappa shape index (κ2) is 7.32. The monoisotopic (exact) mass is 330 g/mol. The van der Waals surface area contributed by atoms with Gasteiger partial charge >= 0.3 is 0 Å². The molecule has 2 N–H and O–H groups in total. The van der Waals surface area contributed by atoms with Gasteiger partial charge in [0.25, 0.3) is 0 Å². The molecule has 2 heterocycles. The molecule has 24 heavy (non-hydrogen) atoms. The normalized spacial score (nSPS) is 28.2. The standard InChI is InChI=1S/C20H30N2O2/c21-17-6-4-15(5-7-17)8-11-22-12-9-16(10-13-22)18-2-1-3-19-20(18)24-14-23-19/h1-3,15-17H,4-14,21H2. The first kappa shape index (κ1) is 16.2. The number of fused-ring (bicyclic) bond motifs is 1. The molecule has 4 rings (SSSR count). The molecule has 0 bridgehead atoms. The summed E-state index contributed by atoms with van der Waals surface area (Å²) in [5.74, 6) is 3.44. The van der Waals surface area contributed by atoms with Gasteiger partial charge in [0.15, 0.2) is 11.5 Å². The third kappa shape index (κ3) is 3.55. The predicted octanol–water partition coefficient (Wildman–Crippen LogP) is 3.50. The highest BCUT2D eigenvalue weighted by molar-refractivity contribution is 5.49. The van der Waals surface area contributed by atoms with Crippen LogP contribution in [-0.2, 0) is 0 Å². The Kier molecular flexibility index (Phi) is 4.95. The van der Waals surface area contributed by atoms with Crippen LogP contribution < -0.4 is 15.2 Å². The molecule has 4 nitrogen and oxygen atoms in total. The number of ether oxygens (including phenoxy) is 2. The molecule has 0 spiro atoms. The number of rotatable bonds is 4. The van der Waals surface area contributed by atoms with Crippen LogP contribution in [0.25, 0.3) is 0 Å². The van der Waals surface area contributed by atoms with Crippen molar-refractivity contribution >= 4 is 0 Å². The molecule has 3 aliphatic rings. The van der Waals surface area contributed by atoms with Crippen LogP contribution in [0, 0.1) is 5.92 Å². The van der Waals surface area contributed by atoms with Gasteiger partial charge in [-0.3, -0.25) is 0 Å². The first-order chi connectivity index (χ1) is 11.8. The number of hydrogen-bond donors (Lipinski definition) is 1. The maximum absolute atomic E-state index is 6.02. The molecule has 1 saturated carbocycles. The number of para-hydroxylation sites is 1. The molecule has 1 aromatic carbocycles. The molecular weight excluding hydrogens is 300 g/mol. The summed E-state index contributed by atoms with van der Waals surface area (Å²) < 4.78 is 11.2. The largest absolute Gasteiger partial charge is 0.454 e. The maximum atomic E-state index is 6.02. The van der Waals surface area contributed by atoms with Crippen molar-refractivity contribution in [3.63, 3.8) is 0 Å². The van der Waals surface area contributed by atoms with Crippen molar-refractivity contribution < 1.29 is 9.47 Å². The van der Waals surface area contributed by atoms with Crippen molar-refractivity contribution in [2.24, 2.45) is 11.7 Å². The van der Waals surface area contributed by atoms with Crippen molar-refractivity contribution in [1.29, 1.82) is 0 Å². The number of nitrogens with two attached hydrogens (primary N) is 1. The quantitative estimate of drug-likeness (QED) is 0.918. The Labute approximate surface area is 145 Å². The summed E-state index contributed by atoms with van der Waals surface area (Å²) in [6.45, 7) is 4.05. The maximum Gasteiger partial charge on any atom is 0.231 e. The Hall–Kier alpha value is -1.26. The van der Waals surface area contributed by atoms with Crippen LogP contribution in [0.3, 0.4) is 0 Å². The minimum atomic E-state index is 0.371. The zero-order chi connectivity index (χ0) is 16.4. The summed E-state index contributed by atoms with van der Waals surface area (Å²) in [4.78, 5) is 2.66. The Morgan fingerprint density at radius 2 is 1.79 bits per heavy atom. The van der Waals surface area contributed by atoms with E-state index in [1.807, 2.05) is 6.07 Å². The topological polar surface area (TPSA) is 47.7 Å². The second-order valence-corrected chi connectivity index (χ2v) is 7.77. The fraction of sp³-hybridized carbons (Fsp3) is 0.700. The van der Waals surface area contributed by atoms with Gasteiger partial charge in [0.2, 0.25) is 6.79 Å². The van der Waals surface area contributed by atoms with Crippen molar-refractivity contribution in [2.75, 3.05) is 26.4 Å². The molecule has 4 heteroatoms. The highest BCUT2D eigenvalue weighted by atomic mass is 16.7. The molecule has 1 aromatic rings. The molecule has 2 fully saturated rings. The summed E-state index contributed by atoms with van der Waals surface area (Å²) in [7, 11) is 0. The third-order valence-electron chi connectivity index (χ3n) is 6.20. The third-order valence-corrected chi connectivity index (χ3v) is 6.20. The van der Waals surface area contributed by atoms with E-state index in [0.717, 1.165) is 17.4 Å². The SMILES string of the molecule is NC1CCC(CCN2CCC(c3cccc4c3OCO4)CC2)CC1. The number of nitrogens with zero attached hydrogens (tertiary/aromatic N) is 1. The number of piperidine rings is 1. The van der Waals surface area contributed by atoms with E-state index < -0.39 is 0 Å². The average Bonchev–Trinajstić information content (AvgIpc) is 3.10. The first-order valence-electron chi connectivity index (χ1n) is 9.66. The smallest absolute Gasteiger partial charge is 0.231 e. The van der Waals surface area contributed by atoms with E-state index >= 15 is 0 Å². The predicted molar refractivity (Wildman–Crippen MR) is 95.5 cm³/mol. The molecule has 0 atom stereocenters. The fourth-order valence-electron chi connectivity index (χ4n) is 4.58. The van der Waals surface area contributed by atoms with E-state index in [1.165, 1.54) is 70.1 Å². The highest BCUT2D eigenvalue weighted by Gasteiger charge is 2.27. The summed E-state index contributed by atoms with van der Waals surface area (Å²) in [5, 5.41) is 0. The van der Waals surface area contributed by atoms with Gasteiger partial charge in [-0.1, -0.05) is 12.1 Å². The second-order valence-electron chi connectivity index (χ2n) is 7.77. The van der Waals surface area contributed by atoms with Crippen molar-refractivity contribution in [2.45, 2.75) is 56.9 Å². The molecule has 132 valence electrons. The summed E-state index contributed by atoms with van der Waals surface area (Å²) in [6.07, 6.45) is 8.96. The Balaban J connectivity index is 1.26. The molecule has 0 radical (unpaired) electrons. The van der Waals surface area contributed by atoms with E-state index in [2.05, 4.69) is 17.0 Å². The molecule has 1 aliphatic carbocycles. The van der Waals surface area contributed by atoms with E-state index in [-0.39, 0.29) is 0 Å². The molecule has 0 amide bonds. The molecular formula is C20H30N2O2. The molecule has 0 aromatic heterocycles. The van der Waals surface area contributed by atoms with Crippen LogP contribution in [-0.4, -0.2) is 37.4 Å². The van der Waals surface area contributed by atoms with E-state index in [4.69, 9.17) is 15.2 Å². The lowest BCUT2D eigenvalue weighted by atomic mass is 9.84. The van der Waals surface area contributed by atoms with E-state index in [9.17, 15) is 0 Å². The van der Waals surface area contributed by atoms with E-state index in [1.54, 1.807) is 0 Å². The average molecular weight is 330 g/mol. The van der Waals surface area contributed by atoms with Crippen LogP contribution >= 0.6 is 0 Å². The van der Waals surface area contributed by atoms with Gasteiger partial charge in [-0.15, -0.1) is 0 Å². The molecule has 1 saturated heterocycles. The minimum absolute atomic E-state index is 0.371. The summed E-state index contributed by atoms with van der Waals surface area (Å²) in [5.41, 5.74) is 7.37. The van der Waals surface area contributed by atoms with Gasteiger partial charge in [0.1, 0.15) is 0 Å². The minimum Gasteiger partial charge on any atom is -0.454 e. The van der Waals surface area contributed by atoms with Crippen LogP contribution in [0.4, 0.5) is 0 Å². The van der Waals surface area contributed by atoms with Crippen molar-refractivity contribution in [3.8, 4) is 11.5 Å². The molecule has 0 unspecified atom stereocenters. The van der Waals surface area contributed by atoms with Crippen LogP contribution in [0.15, 0.2) is 18.2 Å².